The first-order valence-electron chi connectivity index (χ1n) is 1.63. The van der Waals surface area contributed by atoms with Crippen LogP contribution in [0.2, 0.25) is 0 Å². The van der Waals surface area contributed by atoms with Crippen LogP contribution in [-0.4, -0.2) is 0 Å². The van der Waals surface area contributed by atoms with Crippen LogP contribution in [0.5, 0.6) is 0 Å². The molecule has 0 unspecified atom stereocenters. The van der Waals surface area contributed by atoms with Crippen LogP contribution < -0.4 is 0 Å². The lowest BCUT2D eigenvalue weighted by molar-refractivity contribution is 0.682. The van der Waals surface area contributed by atoms with Gasteiger partial charge in [-0.2, -0.15) is 4.39 Å². The summed E-state index contributed by atoms with van der Waals surface area (Å²) in [5.74, 6) is 0. The minimum Gasteiger partial charge on any atom is -0.194 e. The van der Waals surface area contributed by atoms with E-state index < -0.39 is 5.29 Å². The standard InChI is InChI=1S/C4H6ClF/c1-3(2)4(5)6/h1-2H3. The van der Waals surface area contributed by atoms with E-state index in [1.807, 2.05) is 0 Å². The maximum Gasteiger partial charge on any atom is 0.187 e. The summed E-state index contributed by atoms with van der Waals surface area (Å²) in [6, 6.07) is 0. The molecule has 2 heteroatoms. The Labute approximate surface area is 41.6 Å². The van der Waals surface area contributed by atoms with Crippen molar-refractivity contribution in [3.8, 4) is 0 Å². The molecule has 0 aromatic heterocycles. The molecule has 0 spiro atoms. The Morgan fingerprint density at radius 1 is 1.50 bits per heavy atom. The molecular weight excluding hydrogens is 102 g/mol. The average Bonchev–Trinajstić information content (AvgIpc) is 1.36. The molecule has 0 saturated heterocycles. The number of hydrogen-bond acceptors (Lipinski definition) is 0. The summed E-state index contributed by atoms with van der Waals surface area (Å²) >= 11 is 4.83. The highest BCUT2D eigenvalue weighted by Gasteiger charge is 1.84. The molecule has 0 fully saturated rings. The van der Waals surface area contributed by atoms with Gasteiger partial charge in [0.2, 0.25) is 0 Å². The normalized spacial score (nSPS) is 8.00. The van der Waals surface area contributed by atoms with Crippen LogP contribution in [0.15, 0.2) is 10.9 Å². The summed E-state index contributed by atoms with van der Waals surface area (Å²) in [6.45, 7) is 3.23. The van der Waals surface area contributed by atoms with Gasteiger partial charge in [0.05, 0.1) is 0 Å². The van der Waals surface area contributed by atoms with Gasteiger partial charge in [-0.25, -0.2) is 0 Å². The zero-order valence-corrected chi connectivity index (χ0v) is 4.51. The fourth-order valence-corrected chi connectivity index (χ4v) is 0. The van der Waals surface area contributed by atoms with Gasteiger partial charge in [-0.05, 0) is 19.4 Å². The molecule has 0 aliphatic heterocycles. The summed E-state index contributed by atoms with van der Waals surface area (Å²) < 4.78 is 11.5. The van der Waals surface area contributed by atoms with E-state index in [1.165, 1.54) is 0 Å². The zero-order chi connectivity index (χ0) is 5.15. The summed E-state index contributed by atoms with van der Waals surface area (Å²) in [5, 5.41) is -0.602. The molecule has 6 heavy (non-hydrogen) atoms. The number of hydrogen-bond donors (Lipinski definition) is 0. The molecule has 0 aliphatic carbocycles. The second kappa shape index (κ2) is 2.19. The fraction of sp³-hybridized carbons (Fsp3) is 0.500. The molecule has 0 bridgehead atoms. The monoisotopic (exact) mass is 108 g/mol. The molecule has 36 valence electrons. The summed E-state index contributed by atoms with van der Waals surface area (Å²) in [7, 11) is 0. The summed E-state index contributed by atoms with van der Waals surface area (Å²) in [4.78, 5) is 0. The van der Waals surface area contributed by atoms with E-state index in [4.69, 9.17) is 11.6 Å². The van der Waals surface area contributed by atoms with Crippen LogP contribution in [0.3, 0.4) is 0 Å². The fourth-order valence-electron chi connectivity index (χ4n) is 0. The Balaban J connectivity index is 3.68. The molecule has 0 amide bonds. The van der Waals surface area contributed by atoms with Gasteiger partial charge in [-0.15, -0.1) is 0 Å². The van der Waals surface area contributed by atoms with Crippen LogP contribution in [0.25, 0.3) is 0 Å². The molecule has 0 N–H and O–H groups in total. The average molecular weight is 109 g/mol. The van der Waals surface area contributed by atoms with Crippen LogP contribution in [0.4, 0.5) is 4.39 Å². The summed E-state index contributed by atoms with van der Waals surface area (Å²) in [5.41, 5.74) is 0.525. The molecule has 0 aromatic rings. The van der Waals surface area contributed by atoms with E-state index in [2.05, 4.69) is 0 Å². The molecule has 0 saturated carbocycles. The molecular formula is C4H6ClF. The van der Waals surface area contributed by atoms with Crippen LogP contribution in [-0.2, 0) is 0 Å². The third kappa shape index (κ3) is 2.21. The molecule has 0 nitrogen and oxygen atoms in total. The smallest absolute Gasteiger partial charge is 0.187 e. The van der Waals surface area contributed by atoms with E-state index >= 15 is 0 Å². The van der Waals surface area contributed by atoms with Gasteiger partial charge < -0.3 is 0 Å². The van der Waals surface area contributed by atoms with Gasteiger partial charge in [0.25, 0.3) is 0 Å². The Morgan fingerprint density at radius 3 is 1.67 bits per heavy atom. The van der Waals surface area contributed by atoms with E-state index in [-0.39, 0.29) is 0 Å². The van der Waals surface area contributed by atoms with Gasteiger partial charge in [0, 0.05) is 0 Å². The van der Waals surface area contributed by atoms with Crippen molar-refractivity contribution in [3.63, 3.8) is 0 Å². The first-order valence-corrected chi connectivity index (χ1v) is 2.01. The Hall–Kier alpha value is -0.0400. The lowest BCUT2D eigenvalue weighted by Gasteiger charge is -1.80. The van der Waals surface area contributed by atoms with E-state index in [0.717, 1.165) is 0 Å². The van der Waals surface area contributed by atoms with Gasteiger partial charge in [0.1, 0.15) is 0 Å². The van der Waals surface area contributed by atoms with Crippen molar-refractivity contribution >= 4 is 11.6 Å². The third-order valence-corrected chi connectivity index (χ3v) is 0.756. The lowest BCUT2D eigenvalue weighted by Crippen LogP contribution is -1.60. The van der Waals surface area contributed by atoms with Crippen LogP contribution in [0, 0.1) is 0 Å². The van der Waals surface area contributed by atoms with Crippen molar-refractivity contribution in [2.75, 3.05) is 0 Å². The second-order valence-electron chi connectivity index (χ2n) is 1.26. The quantitative estimate of drug-likeness (QED) is 0.447. The van der Waals surface area contributed by atoms with E-state index in [0.29, 0.717) is 5.57 Å². The second-order valence-corrected chi connectivity index (χ2v) is 1.59. The molecule has 0 atom stereocenters. The molecule has 0 radical (unpaired) electrons. The SMILES string of the molecule is CC(C)=C(F)Cl. The Bertz CT molecular complexity index is 57.6. The van der Waals surface area contributed by atoms with Crippen molar-refractivity contribution in [1.29, 1.82) is 0 Å². The molecule has 0 aliphatic rings. The van der Waals surface area contributed by atoms with Crippen molar-refractivity contribution in [2.24, 2.45) is 0 Å². The minimum atomic E-state index is -0.602. The molecule has 0 rings (SSSR count). The predicted molar refractivity (Wildman–Crippen MR) is 25.3 cm³/mol. The lowest BCUT2D eigenvalue weighted by atomic mass is 10.4. The highest BCUT2D eigenvalue weighted by molar-refractivity contribution is 6.28. The van der Waals surface area contributed by atoms with Crippen LogP contribution in [0.1, 0.15) is 13.8 Å². The number of rotatable bonds is 0. The van der Waals surface area contributed by atoms with E-state index in [1.54, 1.807) is 13.8 Å². The highest BCUT2D eigenvalue weighted by atomic mass is 35.5. The predicted octanol–water partition coefficient (Wildman–Crippen LogP) is 2.45. The van der Waals surface area contributed by atoms with Crippen molar-refractivity contribution in [1.82, 2.24) is 0 Å². The van der Waals surface area contributed by atoms with Gasteiger partial charge in [-0.1, -0.05) is 11.6 Å². The Kier molecular flexibility index (Phi) is 2.18. The zero-order valence-electron chi connectivity index (χ0n) is 3.76. The first-order chi connectivity index (χ1) is 2.64. The van der Waals surface area contributed by atoms with Gasteiger partial charge >= 0.3 is 0 Å². The van der Waals surface area contributed by atoms with Gasteiger partial charge in [0.15, 0.2) is 5.29 Å². The van der Waals surface area contributed by atoms with Crippen molar-refractivity contribution in [3.05, 3.63) is 10.9 Å². The summed E-state index contributed by atoms with van der Waals surface area (Å²) in [6.07, 6.45) is 0. The maximum absolute atomic E-state index is 11.5. The molecule has 0 heterocycles. The third-order valence-electron chi connectivity index (χ3n) is 0.378. The maximum atomic E-state index is 11.5. The first kappa shape index (κ1) is 5.96. The van der Waals surface area contributed by atoms with Gasteiger partial charge in [-0.3, -0.25) is 0 Å². The minimum absolute atomic E-state index is 0.525. The number of allylic oxidation sites excluding steroid dienone is 1. The van der Waals surface area contributed by atoms with Crippen LogP contribution >= 0.6 is 11.6 Å². The topological polar surface area (TPSA) is 0 Å². The van der Waals surface area contributed by atoms with Crippen molar-refractivity contribution in [2.45, 2.75) is 13.8 Å². The largest absolute Gasteiger partial charge is 0.194 e. The number of halogens is 2. The van der Waals surface area contributed by atoms with Crippen molar-refractivity contribution < 1.29 is 4.39 Å². The van der Waals surface area contributed by atoms with E-state index in [9.17, 15) is 4.39 Å². The molecule has 0 aromatic carbocycles. The Morgan fingerprint density at radius 2 is 1.67 bits per heavy atom. The highest BCUT2D eigenvalue weighted by Crippen LogP contribution is 2.07.